The van der Waals surface area contributed by atoms with Crippen LogP contribution in [-0.2, 0) is 4.79 Å². The van der Waals surface area contributed by atoms with Gasteiger partial charge >= 0.3 is 5.97 Å². The third kappa shape index (κ3) is 1.45. The van der Waals surface area contributed by atoms with Gasteiger partial charge in [0.05, 0.1) is 5.92 Å². The highest BCUT2D eigenvalue weighted by atomic mass is 19.1. The van der Waals surface area contributed by atoms with Crippen molar-refractivity contribution in [2.45, 2.75) is 19.8 Å². The van der Waals surface area contributed by atoms with Crippen LogP contribution in [0.1, 0.15) is 25.3 Å². The summed E-state index contributed by atoms with van der Waals surface area (Å²) in [7, 11) is 0. The van der Waals surface area contributed by atoms with Crippen molar-refractivity contribution in [3.05, 3.63) is 29.6 Å². The molecule has 1 aliphatic carbocycles. The molecule has 1 aromatic carbocycles. The molecule has 4 heteroatoms. The Balaban J connectivity index is 2.37. The number of halogens is 1. The van der Waals surface area contributed by atoms with E-state index in [2.05, 4.69) is 0 Å². The van der Waals surface area contributed by atoms with Crippen molar-refractivity contribution in [1.82, 2.24) is 0 Å². The van der Waals surface area contributed by atoms with Crippen molar-refractivity contribution in [3.63, 3.8) is 0 Å². The lowest BCUT2D eigenvalue weighted by Crippen LogP contribution is -2.03. The van der Waals surface area contributed by atoms with Gasteiger partial charge in [0.1, 0.15) is 11.6 Å². The predicted molar refractivity (Wildman–Crippen MR) is 55.7 cm³/mol. The first-order chi connectivity index (χ1) is 7.35. The van der Waals surface area contributed by atoms with Gasteiger partial charge in [-0.05, 0) is 17.0 Å². The Morgan fingerprint density at radius 3 is 2.50 bits per heavy atom. The van der Waals surface area contributed by atoms with Crippen LogP contribution in [0.4, 0.5) is 4.39 Å². The maximum absolute atomic E-state index is 13.6. The van der Waals surface area contributed by atoms with Crippen LogP contribution in [-0.4, -0.2) is 16.2 Å². The van der Waals surface area contributed by atoms with Crippen LogP contribution in [0.2, 0.25) is 0 Å². The number of carbonyl (C=O) groups is 1. The van der Waals surface area contributed by atoms with E-state index in [-0.39, 0.29) is 11.7 Å². The Labute approximate surface area is 92.5 Å². The third-order valence-electron chi connectivity index (χ3n) is 3.41. The molecule has 1 fully saturated rings. The molecule has 2 unspecified atom stereocenters. The lowest BCUT2D eigenvalue weighted by atomic mass is 10.0. The first-order valence-corrected chi connectivity index (χ1v) is 5.07. The van der Waals surface area contributed by atoms with E-state index >= 15 is 0 Å². The Hall–Kier alpha value is -1.58. The molecule has 0 bridgehead atoms. The molecule has 0 radical (unpaired) electrons. The van der Waals surface area contributed by atoms with Crippen LogP contribution in [0.25, 0.3) is 0 Å². The Morgan fingerprint density at radius 1 is 1.44 bits per heavy atom. The SMILES string of the molecule is CC1(C)C(C(=O)O)C1c1ccc(O)cc1F. The first-order valence-electron chi connectivity index (χ1n) is 5.07. The van der Waals surface area contributed by atoms with Gasteiger partial charge in [-0.25, -0.2) is 4.39 Å². The zero-order valence-electron chi connectivity index (χ0n) is 9.07. The van der Waals surface area contributed by atoms with E-state index in [1.165, 1.54) is 12.1 Å². The molecule has 0 aliphatic heterocycles. The molecule has 0 aromatic heterocycles. The van der Waals surface area contributed by atoms with Crippen molar-refractivity contribution in [3.8, 4) is 5.75 Å². The number of aliphatic carboxylic acids is 1. The summed E-state index contributed by atoms with van der Waals surface area (Å²) >= 11 is 0. The summed E-state index contributed by atoms with van der Waals surface area (Å²) in [4.78, 5) is 11.0. The Bertz CT molecular complexity index is 454. The summed E-state index contributed by atoms with van der Waals surface area (Å²) in [5.41, 5.74) is -0.0564. The number of carboxylic acid groups (broad SMARTS) is 1. The van der Waals surface area contributed by atoms with Gasteiger partial charge < -0.3 is 10.2 Å². The fourth-order valence-corrected chi connectivity index (χ4v) is 2.45. The molecular formula is C12H13FO3. The minimum atomic E-state index is -0.900. The number of benzene rings is 1. The molecule has 2 rings (SSSR count). The summed E-state index contributed by atoms with van der Waals surface area (Å²) in [6.45, 7) is 3.62. The lowest BCUT2D eigenvalue weighted by molar-refractivity contribution is -0.139. The Morgan fingerprint density at radius 2 is 2.06 bits per heavy atom. The topological polar surface area (TPSA) is 57.5 Å². The second kappa shape index (κ2) is 3.20. The number of rotatable bonds is 2. The molecule has 3 nitrogen and oxygen atoms in total. The smallest absolute Gasteiger partial charge is 0.307 e. The predicted octanol–water partition coefficient (Wildman–Crippen LogP) is 2.36. The van der Waals surface area contributed by atoms with Crippen LogP contribution >= 0.6 is 0 Å². The summed E-state index contributed by atoms with van der Waals surface area (Å²) in [6, 6.07) is 3.86. The van der Waals surface area contributed by atoms with Gasteiger partial charge in [-0.1, -0.05) is 19.9 Å². The standard InChI is InChI=1S/C12H13FO3/c1-12(2)9(10(12)11(15)16)7-4-3-6(14)5-8(7)13/h3-5,9-10,14H,1-2H3,(H,15,16). The lowest BCUT2D eigenvalue weighted by Gasteiger charge is -2.04. The molecule has 1 saturated carbocycles. The van der Waals surface area contributed by atoms with Crippen LogP contribution < -0.4 is 0 Å². The average Bonchev–Trinajstić information content (AvgIpc) is 2.69. The minimum Gasteiger partial charge on any atom is -0.508 e. The van der Waals surface area contributed by atoms with Gasteiger partial charge in [-0.15, -0.1) is 0 Å². The monoisotopic (exact) mass is 224 g/mol. The fourth-order valence-electron chi connectivity index (χ4n) is 2.45. The molecule has 0 amide bonds. The van der Waals surface area contributed by atoms with Crippen LogP contribution in [0.15, 0.2) is 18.2 Å². The third-order valence-corrected chi connectivity index (χ3v) is 3.41. The highest BCUT2D eigenvalue weighted by Crippen LogP contribution is 2.64. The minimum absolute atomic E-state index is 0.147. The van der Waals surface area contributed by atoms with Gasteiger partial charge in [0.25, 0.3) is 0 Å². The fraction of sp³-hybridized carbons (Fsp3) is 0.417. The van der Waals surface area contributed by atoms with Gasteiger partial charge in [-0.2, -0.15) is 0 Å². The molecular weight excluding hydrogens is 211 g/mol. The van der Waals surface area contributed by atoms with Crippen LogP contribution in [0.5, 0.6) is 5.75 Å². The molecule has 0 saturated heterocycles. The number of hydrogen-bond donors (Lipinski definition) is 2. The van der Waals surface area contributed by atoms with Crippen molar-refractivity contribution < 1.29 is 19.4 Å². The zero-order valence-corrected chi connectivity index (χ0v) is 9.07. The van der Waals surface area contributed by atoms with E-state index in [4.69, 9.17) is 10.2 Å². The largest absolute Gasteiger partial charge is 0.508 e. The second-order valence-corrected chi connectivity index (χ2v) is 4.82. The maximum Gasteiger partial charge on any atom is 0.307 e. The van der Waals surface area contributed by atoms with Crippen molar-refractivity contribution >= 4 is 5.97 Å². The number of phenols is 1. The molecule has 2 atom stereocenters. The summed E-state index contributed by atoms with van der Waals surface area (Å²) in [5, 5.41) is 18.1. The summed E-state index contributed by atoms with van der Waals surface area (Å²) in [6.07, 6.45) is 0. The highest BCUT2D eigenvalue weighted by Gasteiger charge is 2.63. The van der Waals surface area contributed by atoms with E-state index in [1.807, 2.05) is 13.8 Å². The number of aromatic hydroxyl groups is 1. The molecule has 86 valence electrons. The quantitative estimate of drug-likeness (QED) is 0.810. The van der Waals surface area contributed by atoms with Crippen molar-refractivity contribution in [2.24, 2.45) is 11.3 Å². The van der Waals surface area contributed by atoms with E-state index in [0.29, 0.717) is 5.56 Å². The molecule has 16 heavy (non-hydrogen) atoms. The van der Waals surface area contributed by atoms with E-state index in [9.17, 15) is 9.18 Å². The first kappa shape index (κ1) is 10.9. The second-order valence-electron chi connectivity index (χ2n) is 4.82. The Kier molecular flexibility index (Phi) is 2.19. The molecule has 0 heterocycles. The van der Waals surface area contributed by atoms with Gasteiger partial charge in [0.2, 0.25) is 0 Å². The van der Waals surface area contributed by atoms with E-state index in [0.717, 1.165) is 6.07 Å². The molecule has 1 aromatic rings. The summed E-state index contributed by atoms with van der Waals surface area (Å²) < 4.78 is 13.6. The summed E-state index contributed by atoms with van der Waals surface area (Å²) in [5.74, 6) is -2.45. The van der Waals surface area contributed by atoms with E-state index in [1.54, 1.807) is 0 Å². The highest BCUT2D eigenvalue weighted by molar-refractivity contribution is 5.77. The molecule has 2 N–H and O–H groups in total. The number of carboxylic acids is 1. The maximum atomic E-state index is 13.6. The average molecular weight is 224 g/mol. The van der Waals surface area contributed by atoms with Gasteiger partial charge in [0, 0.05) is 12.0 Å². The van der Waals surface area contributed by atoms with Crippen molar-refractivity contribution in [2.75, 3.05) is 0 Å². The van der Waals surface area contributed by atoms with Gasteiger partial charge in [0.15, 0.2) is 0 Å². The van der Waals surface area contributed by atoms with Gasteiger partial charge in [-0.3, -0.25) is 4.79 Å². The van der Waals surface area contributed by atoms with E-state index < -0.39 is 23.1 Å². The number of phenolic OH excluding ortho intramolecular Hbond substituents is 1. The van der Waals surface area contributed by atoms with Crippen molar-refractivity contribution in [1.29, 1.82) is 0 Å². The van der Waals surface area contributed by atoms with Crippen LogP contribution in [0.3, 0.4) is 0 Å². The molecule has 0 spiro atoms. The molecule has 1 aliphatic rings. The zero-order chi connectivity index (χ0) is 12.1. The number of hydrogen-bond acceptors (Lipinski definition) is 2. The normalized spacial score (nSPS) is 26.4. The van der Waals surface area contributed by atoms with Crippen LogP contribution in [0, 0.1) is 17.2 Å².